The Morgan fingerprint density at radius 1 is 1.28 bits per heavy atom. The van der Waals surface area contributed by atoms with Crippen molar-refractivity contribution in [1.82, 2.24) is 15.1 Å². The Kier molecular flexibility index (Phi) is 7.23. The summed E-state index contributed by atoms with van der Waals surface area (Å²) in [7, 11) is 0. The van der Waals surface area contributed by atoms with Gasteiger partial charge in [-0.2, -0.15) is 0 Å². The molecule has 1 atom stereocenters. The number of rotatable bonds is 7. The Hall–Kier alpha value is -0.650. The number of hydrogen-bond acceptors (Lipinski definition) is 4. The Bertz CT molecular complexity index is 239. The topological polar surface area (TPSA) is 61.6 Å². The molecular weight excluding hydrogens is 228 g/mol. The summed E-state index contributed by atoms with van der Waals surface area (Å²) in [5.74, 6) is 0.153. The third-order valence-electron chi connectivity index (χ3n) is 3.53. The lowest BCUT2D eigenvalue weighted by Gasteiger charge is -2.34. The molecule has 18 heavy (non-hydrogen) atoms. The minimum absolute atomic E-state index is 0.153. The van der Waals surface area contributed by atoms with Crippen LogP contribution in [0.15, 0.2) is 0 Å². The average Bonchev–Trinajstić information content (AvgIpc) is 2.37. The number of nitrogens with zero attached hydrogens (tertiary/aromatic N) is 2. The minimum Gasteiger partial charge on any atom is -0.353 e. The van der Waals surface area contributed by atoms with E-state index in [2.05, 4.69) is 22.0 Å². The van der Waals surface area contributed by atoms with Crippen LogP contribution in [0.1, 0.15) is 26.7 Å². The monoisotopic (exact) mass is 256 g/mol. The lowest BCUT2D eigenvalue weighted by Crippen LogP contribution is -2.50. The first-order valence-corrected chi connectivity index (χ1v) is 7.09. The molecule has 1 saturated heterocycles. The summed E-state index contributed by atoms with van der Waals surface area (Å²) in [5.41, 5.74) is 5.51. The Morgan fingerprint density at radius 2 is 1.89 bits per heavy atom. The fourth-order valence-electron chi connectivity index (χ4n) is 2.11. The van der Waals surface area contributed by atoms with E-state index in [0.29, 0.717) is 6.54 Å². The first kappa shape index (κ1) is 15.4. The molecule has 0 aromatic carbocycles. The first-order chi connectivity index (χ1) is 8.65. The molecule has 0 spiro atoms. The zero-order chi connectivity index (χ0) is 13.4. The van der Waals surface area contributed by atoms with Crippen LogP contribution in [-0.2, 0) is 4.79 Å². The second-order valence-electron chi connectivity index (χ2n) is 5.14. The van der Waals surface area contributed by atoms with Crippen molar-refractivity contribution >= 4 is 5.91 Å². The van der Waals surface area contributed by atoms with Gasteiger partial charge in [0.1, 0.15) is 0 Å². The van der Waals surface area contributed by atoms with Gasteiger partial charge in [-0.15, -0.1) is 0 Å². The summed E-state index contributed by atoms with van der Waals surface area (Å²) in [6, 6.07) is 0.281. The second kappa shape index (κ2) is 8.45. The molecule has 1 heterocycles. The van der Waals surface area contributed by atoms with Crippen molar-refractivity contribution < 1.29 is 4.79 Å². The summed E-state index contributed by atoms with van der Waals surface area (Å²) < 4.78 is 0. The van der Waals surface area contributed by atoms with Gasteiger partial charge in [0.2, 0.25) is 5.91 Å². The van der Waals surface area contributed by atoms with E-state index in [1.165, 1.54) is 0 Å². The predicted octanol–water partition coefficient (Wildman–Crippen LogP) is -0.132. The van der Waals surface area contributed by atoms with Crippen molar-refractivity contribution in [3.63, 3.8) is 0 Å². The van der Waals surface area contributed by atoms with Gasteiger partial charge in [0.25, 0.3) is 0 Å². The summed E-state index contributed by atoms with van der Waals surface area (Å²) >= 11 is 0. The van der Waals surface area contributed by atoms with Crippen molar-refractivity contribution in [2.24, 2.45) is 5.73 Å². The number of piperazine rings is 1. The zero-order valence-corrected chi connectivity index (χ0v) is 11.8. The Morgan fingerprint density at radius 3 is 2.44 bits per heavy atom. The summed E-state index contributed by atoms with van der Waals surface area (Å²) in [4.78, 5) is 16.4. The summed E-state index contributed by atoms with van der Waals surface area (Å²) in [6.07, 6.45) is 2.05. The molecule has 5 heteroatoms. The quantitative estimate of drug-likeness (QED) is 0.666. The number of carbonyl (C=O) groups is 1. The number of amides is 1. The molecule has 0 aromatic heterocycles. The summed E-state index contributed by atoms with van der Waals surface area (Å²) in [6.45, 7) is 10.6. The van der Waals surface area contributed by atoms with Crippen LogP contribution in [0, 0.1) is 0 Å². The van der Waals surface area contributed by atoms with Crippen LogP contribution in [0.4, 0.5) is 0 Å². The van der Waals surface area contributed by atoms with Crippen molar-refractivity contribution in [3.8, 4) is 0 Å². The van der Waals surface area contributed by atoms with Crippen LogP contribution in [-0.4, -0.2) is 67.6 Å². The lowest BCUT2D eigenvalue weighted by atomic mass is 10.2. The fraction of sp³-hybridized carbons (Fsp3) is 0.923. The maximum Gasteiger partial charge on any atom is 0.234 e. The number of nitrogens with one attached hydrogen (secondary N) is 1. The molecule has 0 aromatic rings. The minimum atomic E-state index is 0.153. The van der Waals surface area contributed by atoms with Gasteiger partial charge in [-0.25, -0.2) is 0 Å². The Balaban J connectivity index is 2.16. The molecule has 0 saturated carbocycles. The molecule has 1 unspecified atom stereocenters. The highest BCUT2D eigenvalue weighted by molar-refractivity contribution is 5.78. The van der Waals surface area contributed by atoms with Crippen LogP contribution < -0.4 is 11.1 Å². The van der Waals surface area contributed by atoms with Gasteiger partial charge in [0, 0.05) is 32.2 Å². The van der Waals surface area contributed by atoms with Gasteiger partial charge in [0.05, 0.1) is 6.54 Å². The molecule has 5 nitrogen and oxygen atoms in total. The normalized spacial score (nSPS) is 19.7. The molecule has 106 valence electrons. The fourth-order valence-corrected chi connectivity index (χ4v) is 2.11. The van der Waals surface area contributed by atoms with Crippen LogP contribution >= 0.6 is 0 Å². The van der Waals surface area contributed by atoms with E-state index in [0.717, 1.165) is 52.1 Å². The first-order valence-electron chi connectivity index (χ1n) is 7.09. The maximum absolute atomic E-state index is 11.8. The third-order valence-corrected chi connectivity index (χ3v) is 3.53. The predicted molar refractivity (Wildman–Crippen MR) is 74.4 cm³/mol. The molecule has 1 fully saturated rings. The van der Waals surface area contributed by atoms with Crippen LogP contribution in [0.5, 0.6) is 0 Å². The van der Waals surface area contributed by atoms with Gasteiger partial charge >= 0.3 is 0 Å². The molecule has 0 radical (unpaired) electrons. The molecular formula is C13H28N4O. The van der Waals surface area contributed by atoms with Crippen LogP contribution in [0.3, 0.4) is 0 Å². The third kappa shape index (κ3) is 5.80. The van der Waals surface area contributed by atoms with Gasteiger partial charge < -0.3 is 16.0 Å². The van der Waals surface area contributed by atoms with Gasteiger partial charge in [0.15, 0.2) is 0 Å². The van der Waals surface area contributed by atoms with E-state index in [1.54, 1.807) is 0 Å². The molecule has 0 aliphatic carbocycles. The van der Waals surface area contributed by atoms with Crippen molar-refractivity contribution in [2.75, 3.05) is 45.8 Å². The van der Waals surface area contributed by atoms with Crippen LogP contribution in [0.2, 0.25) is 0 Å². The van der Waals surface area contributed by atoms with E-state index in [-0.39, 0.29) is 11.9 Å². The van der Waals surface area contributed by atoms with Gasteiger partial charge in [-0.05, 0) is 32.9 Å². The van der Waals surface area contributed by atoms with Crippen molar-refractivity contribution in [1.29, 1.82) is 0 Å². The van der Waals surface area contributed by atoms with Crippen molar-refractivity contribution in [3.05, 3.63) is 0 Å². The van der Waals surface area contributed by atoms with Crippen LogP contribution in [0.25, 0.3) is 0 Å². The zero-order valence-electron chi connectivity index (χ0n) is 11.8. The molecule has 1 aliphatic rings. The smallest absolute Gasteiger partial charge is 0.234 e. The highest BCUT2D eigenvalue weighted by Gasteiger charge is 2.18. The molecule has 1 rings (SSSR count). The standard InChI is InChI=1S/C13H28N4O/c1-3-12(2)15-13(18)11-17-9-7-16(8-10-17)6-4-5-14/h12H,3-11,14H2,1-2H3,(H,15,18). The summed E-state index contributed by atoms with van der Waals surface area (Å²) in [5, 5.41) is 3.01. The van der Waals surface area contributed by atoms with Crippen molar-refractivity contribution in [2.45, 2.75) is 32.7 Å². The maximum atomic E-state index is 11.8. The lowest BCUT2D eigenvalue weighted by molar-refractivity contribution is -0.123. The number of hydrogen-bond donors (Lipinski definition) is 2. The van der Waals surface area contributed by atoms with E-state index < -0.39 is 0 Å². The largest absolute Gasteiger partial charge is 0.353 e. The van der Waals surface area contributed by atoms with E-state index >= 15 is 0 Å². The SMILES string of the molecule is CCC(C)NC(=O)CN1CCN(CCCN)CC1. The van der Waals surface area contributed by atoms with E-state index in [1.807, 2.05) is 6.92 Å². The number of nitrogens with two attached hydrogens (primary N) is 1. The molecule has 3 N–H and O–H groups in total. The molecule has 1 amide bonds. The Labute approximate surface area is 111 Å². The van der Waals surface area contributed by atoms with E-state index in [9.17, 15) is 4.79 Å². The highest BCUT2D eigenvalue weighted by Crippen LogP contribution is 2.02. The van der Waals surface area contributed by atoms with Gasteiger partial charge in [-0.3, -0.25) is 9.69 Å². The van der Waals surface area contributed by atoms with E-state index in [4.69, 9.17) is 5.73 Å². The number of carbonyl (C=O) groups excluding carboxylic acids is 1. The second-order valence-corrected chi connectivity index (χ2v) is 5.14. The molecule has 1 aliphatic heterocycles. The molecule has 0 bridgehead atoms. The van der Waals surface area contributed by atoms with Gasteiger partial charge in [-0.1, -0.05) is 6.92 Å². The highest BCUT2D eigenvalue weighted by atomic mass is 16.2. The average molecular weight is 256 g/mol.